The van der Waals surface area contributed by atoms with Crippen molar-refractivity contribution in [3.63, 3.8) is 0 Å². The van der Waals surface area contributed by atoms with Crippen molar-refractivity contribution in [2.75, 3.05) is 26.8 Å². The van der Waals surface area contributed by atoms with Crippen molar-refractivity contribution in [2.24, 2.45) is 0 Å². The summed E-state index contributed by atoms with van der Waals surface area (Å²) < 4.78 is 11.2. The molecule has 0 amide bonds. The highest BCUT2D eigenvalue weighted by atomic mass is 16.5. The minimum Gasteiger partial charge on any atom is -0.506 e. The topological polar surface area (TPSA) is 54.8 Å². The summed E-state index contributed by atoms with van der Waals surface area (Å²) in [5.41, 5.74) is 1.42. The summed E-state index contributed by atoms with van der Waals surface area (Å²) in [6.07, 6.45) is 0.0516. The molecule has 0 saturated carbocycles. The van der Waals surface area contributed by atoms with Gasteiger partial charge in [0.05, 0.1) is 24.0 Å². The Morgan fingerprint density at radius 1 is 1.50 bits per heavy atom. The molecule has 1 aliphatic heterocycles. The fourth-order valence-electron chi connectivity index (χ4n) is 2.74. The Balaban J connectivity index is 2.09. The van der Waals surface area contributed by atoms with Crippen molar-refractivity contribution in [3.05, 3.63) is 23.5 Å². The average molecular weight is 280 g/mol. The van der Waals surface area contributed by atoms with Crippen LogP contribution in [0, 0.1) is 6.92 Å². The Labute approximate surface area is 120 Å². The molecule has 1 saturated heterocycles. The predicted molar refractivity (Wildman–Crippen MR) is 76.7 cm³/mol. The van der Waals surface area contributed by atoms with Crippen LogP contribution >= 0.6 is 0 Å². The number of methoxy groups -OCH3 is 1. The highest BCUT2D eigenvalue weighted by molar-refractivity contribution is 5.27. The SMILES string of the molecule is COCC1CN(Cc2nc(C)ccc2O)CC(C)(C)O1. The second-order valence-electron chi connectivity index (χ2n) is 6.04. The van der Waals surface area contributed by atoms with Crippen molar-refractivity contribution in [1.29, 1.82) is 0 Å². The van der Waals surface area contributed by atoms with Gasteiger partial charge < -0.3 is 14.6 Å². The molecule has 0 radical (unpaired) electrons. The summed E-state index contributed by atoms with van der Waals surface area (Å²) in [6.45, 7) is 8.87. The number of aryl methyl sites for hydroxylation is 1. The van der Waals surface area contributed by atoms with Crippen LogP contribution < -0.4 is 0 Å². The normalized spacial score (nSPS) is 22.9. The van der Waals surface area contributed by atoms with E-state index in [0.717, 1.165) is 24.5 Å². The van der Waals surface area contributed by atoms with E-state index in [1.807, 2.05) is 13.0 Å². The Hall–Kier alpha value is -1.17. The van der Waals surface area contributed by atoms with E-state index in [0.29, 0.717) is 13.2 Å². The van der Waals surface area contributed by atoms with Gasteiger partial charge in [-0.1, -0.05) is 0 Å². The summed E-state index contributed by atoms with van der Waals surface area (Å²) in [7, 11) is 1.68. The smallest absolute Gasteiger partial charge is 0.138 e. The first-order valence-electron chi connectivity index (χ1n) is 6.94. The number of aromatic nitrogens is 1. The quantitative estimate of drug-likeness (QED) is 0.910. The summed E-state index contributed by atoms with van der Waals surface area (Å²) in [6, 6.07) is 3.52. The number of pyridine rings is 1. The standard InChI is InChI=1S/C15H24N2O3/c1-11-5-6-14(18)13(16-11)8-17-7-12(9-19-4)20-15(2,3)10-17/h5-6,12,18H,7-10H2,1-4H3. The van der Waals surface area contributed by atoms with E-state index in [-0.39, 0.29) is 17.5 Å². The number of morpholine rings is 1. The number of aromatic hydroxyl groups is 1. The van der Waals surface area contributed by atoms with Gasteiger partial charge in [-0.15, -0.1) is 0 Å². The van der Waals surface area contributed by atoms with Gasteiger partial charge in [-0.3, -0.25) is 9.88 Å². The minimum absolute atomic E-state index is 0.0516. The van der Waals surface area contributed by atoms with Crippen molar-refractivity contribution in [3.8, 4) is 5.75 Å². The molecule has 1 unspecified atom stereocenters. The molecule has 1 aromatic rings. The highest BCUT2D eigenvalue weighted by Gasteiger charge is 2.33. The van der Waals surface area contributed by atoms with E-state index < -0.39 is 0 Å². The number of hydrogen-bond donors (Lipinski definition) is 1. The van der Waals surface area contributed by atoms with Gasteiger partial charge in [0.25, 0.3) is 0 Å². The Morgan fingerprint density at radius 2 is 2.25 bits per heavy atom. The number of rotatable bonds is 4. The van der Waals surface area contributed by atoms with Gasteiger partial charge in [0.2, 0.25) is 0 Å². The van der Waals surface area contributed by atoms with E-state index in [9.17, 15) is 5.11 Å². The molecule has 0 aliphatic carbocycles. The summed E-state index contributed by atoms with van der Waals surface area (Å²) >= 11 is 0. The molecule has 1 N–H and O–H groups in total. The molecule has 5 heteroatoms. The second-order valence-corrected chi connectivity index (χ2v) is 6.04. The van der Waals surface area contributed by atoms with Crippen LogP contribution in [0.4, 0.5) is 0 Å². The van der Waals surface area contributed by atoms with Crippen LogP contribution in [0.25, 0.3) is 0 Å². The largest absolute Gasteiger partial charge is 0.506 e. The molecular weight excluding hydrogens is 256 g/mol. The van der Waals surface area contributed by atoms with E-state index in [1.54, 1.807) is 13.2 Å². The molecular formula is C15H24N2O3. The number of ether oxygens (including phenoxy) is 2. The molecule has 2 heterocycles. The van der Waals surface area contributed by atoms with Crippen molar-refractivity contribution in [2.45, 2.75) is 39.0 Å². The van der Waals surface area contributed by atoms with Crippen molar-refractivity contribution >= 4 is 0 Å². The number of hydrogen-bond acceptors (Lipinski definition) is 5. The molecule has 0 aromatic carbocycles. The minimum atomic E-state index is -0.221. The maximum atomic E-state index is 9.92. The fraction of sp³-hybridized carbons (Fsp3) is 0.667. The van der Waals surface area contributed by atoms with E-state index in [1.165, 1.54) is 0 Å². The summed E-state index contributed by atoms with van der Waals surface area (Å²) in [4.78, 5) is 6.68. The molecule has 0 spiro atoms. The predicted octanol–water partition coefficient (Wildman–Crippen LogP) is 1.72. The van der Waals surface area contributed by atoms with Crippen molar-refractivity contribution in [1.82, 2.24) is 9.88 Å². The molecule has 2 rings (SSSR count). The molecule has 20 heavy (non-hydrogen) atoms. The monoisotopic (exact) mass is 280 g/mol. The molecule has 1 aliphatic rings. The Morgan fingerprint density at radius 3 is 2.95 bits per heavy atom. The first-order chi connectivity index (χ1) is 9.39. The fourth-order valence-corrected chi connectivity index (χ4v) is 2.74. The van der Waals surface area contributed by atoms with Gasteiger partial charge in [0.1, 0.15) is 5.75 Å². The van der Waals surface area contributed by atoms with E-state index in [2.05, 4.69) is 23.7 Å². The Bertz CT molecular complexity index is 462. The third-order valence-electron chi connectivity index (χ3n) is 3.37. The lowest BCUT2D eigenvalue weighted by atomic mass is 10.0. The van der Waals surface area contributed by atoms with E-state index in [4.69, 9.17) is 9.47 Å². The average Bonchev–Trinajstić information content (AvgIpc) is 2.32. The Kier molecular flexibility index (Phi) is 4.62. The maximum absolute atomic E-state index is 9.92. The van der Waals surface area contributed by atoms with Gasteiger partial charge >= 0.3 is 0 Å². The lowest BCUT2D eigenvalue weighted by Crippen LogP contribution is -2.53. The van der Waals surface area contributed by atoms with Gasteiger partial charge in [-0.25, -0.2) is 0 Å². The highest BCUT2D eigenvalue weighted by Crippen LogP contribution is 2.24. The maximum Gasteiger partial charge on any atom is 0.138 e. The van der Waals surface area contributed by atoms with Gasteiger partial charge in [0, 0.05) is 32.4 Å². The van der Waals surface area contributed by atoms with Crippen LogP contribution in [0.3, 0.4) is 0 Å². The number of nitrogens with zero attached hydrogens (tertiary/aromatic N) is 2. The molecule has 0 bridgehead atoms. The first-order valence-corrected chi connectivity index (χ1v) is 6.94. The van der Waals surface area contributed by atoms with E-state index >= 15 is 0 Å². The van der Waals surface area contributed by atoms with Crippen LogP contribution in [-0.2, 0) is 16.0 Å². The van der Waals surface area contributed by atoms with Gasteiger partial charge in [-0.2, -0.15) is 0 Å². The third kappa shape index (κ3) is 3.91. The first kappa shape index (κ1) is 15.2. The lowest BCUT2D eigenvalue weighted by Gasteiger charge is -2.42. The zero-order chi connectivity index (χ0) is 14.8. The van der Waals surface area contributed by atoms with Crippen LogP contribution in [0.15, 0.2) is 12.1 Å². The summed E-state index contributed by atoms with van der Waals surface area (Å²) in [5, 5.41) is 9.92. The lowest BCUT2D eigenvalue weighted by molar-refractivity contribution is -0.154. The van der Waals surface area contributed by atoms with Gasteiger partial charge in [-0.05, 0) is 32.9 Å². The van der Waals surface area contributed by atoms with Crippen molar-refractivity contribution < 1.29 is 14.6 Å². The van der Waals surface area contributed by atoms with Crippen LogP contribution in [0.2, 0.25) is 0 Å². The molecule has 1 fully saturated rings. The zero-order valence-electron chi connectivity index (χ0n) is 12.7. The van der Waals surface area contributed by atoms with Crippen LogP contribution in [-0.4, -0.2) is 53.5 Å². The van der Waals surface area contributed by atoms with Crippen LogP contribution in [0.1, 0.15) is 25.2 Å². The zero-order valence-corrected chi connectivity index (χ0v) is 12.7. The third-order valence-corrected chi connectivity index (χ3v) is 3.37. The summed E-state index contributed by atoms with van der Waals surface area (Å²) in [5.74, 6) is 0.253. The molecule has 112 valence electrons. The second kappa shape index (κ2) is 6.08. The van der Waals surface area contributed by atoms with Crippen LogP contribution in [0.5, 0.6) is 5.75 Å². The van der Waals surface area contributed by atoms with Gasteiger partial charge in [0.15, 0.2) is 0 Å². The molecule has 1 atom stereocenters. The molecule has 5 nitrogen and oxygen atoms in total. The molecule has 1 aromatic heterocycles.